The van der Waals surface area contributed by atoms with Gasteiger partial charge in [0.1, 0.15) is 11.3 Å². The van der Waals surface area contributed by atoms with Crippen molar-refractivity contribution in [3.05, 3.63) is 24.0 Å². The Morgan fingerprint density at radius 3 is 2.68 bits per heavy atom. The standard InChI is InChI=1S/C13H17N3O2S/c1-13(14,8-6-7-8)12-15-9-4-3-5-10(11(9)16-12)19(2,17)18/h3-5,8H,6-7,14H2,1-2H3,(H,15,16). The van der Waals surface area contributed by atoms with E-state index in [-0.39, 0.29) is 4.90 Å². The molecule has 0 bridgehead atoms. The lowest BCUT2D eigenvalue weighted by atomic mass is 9.97. The number of hydrogen-bond acceptors (Lipinski definition) is 4. The summed E-state index contributed by atoms with van der Waals surface area (Å²) in [5, 5.41) is 0. The van der Waals surface area contributed by atoms with Crippen molar-refractivity contribution in [2.45, 2.75) is 30.2 Å². The molecule has 1 aliphatic rings. The molecule has 1 atom stereocenters. The third kappa shape index (κ3) is 2.04. The summed E-state index contributed by atoms with van der Waals surface area (Å²) in [7, 11) is -3.29. The van der Waals surface area contributed by atoms with E-state index in [0.717, 1.165) is 18.4 Å². The molecule has 1 aromatic heterocycles. The molecule has 19 heavy (non-hydrogen) atoms. The summed E-state index contributed by atoms with van der Waals surface area (Å²) in [6.45, 7) is 1.95. The fourth-order valence-electron chi connectivity index (χ4n) is 2.44. The minimum atomic E-state index is -3.29. The number of hydrogen-bond donors (Lipinski definition) is 2. The fraction of sp³-hybridized carbons (Fsp3) is 0.462. The second kappa shape index (κ2) is 3.80. The second-order valence-corrected chi connectivity index (χ2v) is 7.55. The molecular weight excluding hydrogens is 262 g/mol. The van der Waals surface area contributed by atoms with Crippen molar-refractivity contribution < 1.29 is 8.42 Å². The van der Waals surface area contributed by atoms with Gasteiger partial charge in [-0.3, -0.25) is 0 Å². The normalized spacial score (nSPS) is 19.5. The second-order valence-electron chi connectivity index (χ2n) is 5.57. The van der Waals surface area contributed by atoms with E-state index in [1.807, 2.05) is 13.0 Å². The van der Waals surface area contributed by atoms with Crippen LogP contribution in [0.15, 0.2) is 23.1 Å². The number of nitrogens with zero attached hydrogens (tertiary/aromatic N) is 1. The van der Waals surface area contributed by atoms with Crippen molar-refractivity contribution in [1.29, 1.82) is 0 Å². The van der Waals surface area contributed by atoms with Crippen LogP contribution >= 0.6 is 0 Å². The number of imidazole rings is 1. The maximum absolute atomic E-state index is 11.8. The predicted molar refractivity (Wildman–Crippen MR) is 73.5 cm³/mol. The Morgan fingerprint density at radius 1 is 1.42 bits per heavy atom. The van der Waals surface area contributed by atoms with E-state index in [4.69, 9.17) is 5.73 Å². The van der Waals surface area contributed by atoms with E-state index < -0.39 is 15.4 Å². The SMILES string of the molecule is CC(N)(c1nc2c(S(C)(=O)=O)cccc2[nH]1)C1CC1. The number of sulfone groups is 1. The molecule has 0 amide bonds. The van der Waals surface area contributed by atoms with Crippen LogP contribution in [0.2, 0.25) is 0 Å². The first kappa shape index (κ1) is 12.6. The summed E-state index contributed by atoms with van der Waals surface area (Å²) in [6.07, 6.45) is 3.39. The molecule has 102 valence electrons. The number of benzene rings is 1. The van der Waals surface area contributed by atoms with Crippen LogP contribution in [0, 0.1) is 5.92 Å². The number of aromatic nitrogens is 2. The summed E-state index contributed by atoms with van der Waals surface area (Å²) in [4.78, 5) is 7.87. The van der Waals surface area contributed by atoms with Crippen LogP contribution in [0.3, 0.4) is 0 Å². The van der Waals surface area contributed by atoms with Crippen molar-refractivity contribution in [1.82, 2.24) is 9.97 Å². The first-order valence-electron chi connectivity index (χ1n) is 6.28. The number of nitrogens with one attached hydrogen (secondary N) is 1. The number of fused-ring (bicyclic) bond motifs is 1. The van der Waals surface area contributed by atoms with Crippen molar-refractivity contribution >= 4 is 20.9 Å². The Labute approximate surface area is 112 Å². The van der Waals surface area contributed by atoms with Gasteiger partial charge in [-0.1, -0.05) is 6.07 Å². The van der Waals surface area contributed by atoms with Crippen LogP contribution in [0.5, 0.6) is 0 Å². The minimum Gasteiger partial charge on any atom is -0.340 e. The Hall–Kier alpha value is -1.40. The molecule has 1 aliphatic carbocycles. The Kier molecular flexibility index (Phi) is 2.53. The Balaban J connectivity index is 2.21. The lowest BCUT2D eigenvalue weighted by molar-refractivity contribution is 0.405. The van der Waals surface area contributed by atoms with Gasteiger partial charge in [-0.25, -0.2) is 13.4 Å². The van der Waals surface area contributed by atoms with Gasteiger partial charge < -0.3 is 10.7 Å². The van der Waals surface area contributed by atoms with Crippen LogP contribution in [-0.2, 0) is 15.4 Å². The van der Waals surface area contributed by atoms with E-state index >= 15 is 0 Å². The average molecular weight is 279 g/mol. The predicted octanol–water partition coefficient (Wildman–Crippen LogP) is 1.55. The quantitative estimate of drug-likeness (QED) is 0.892. The van der Waals surface area contributed by atoms with E-state index in [1.54, 1.807) is 12.1 Å². The number of rotatable bonds is 3. The van der Waals surface area contributed by atoms with Gasteiger partial charge in [-0.15, -0.1) is 0 Å². The third-order valence-electron chi connectivity index (χ3n) is 3.81. The molecule has 1 fully saturated rings. The molecule has 1 aromatic carbocycles. The van der Waals surface area contributed by atoms with Gasteiger partial charge >= 0.3 is 0 Å². The molecule has 1 unspecified atom stereocenters. The number of aromatic amines is 1. The van der Waals surface area contributed by atoms with Gasteiger partial charge in [0, 0.05) is 6.26 Å². The van der Waals surface area contributed by atoms with Crippen molar-refractivity contribution in [3.8, 4) is 0 Å². The van der Waals surface area contributed by atoms with Gasteiger partial charge in [-0.2, -0.15) is 0 Å². The summed E-state index contributed by atoms with van der Waals surface area (Å²) in [5.41, 5.74) is 7.00. The first-order valence-corrected chi connectivity index (χ1v) is 8.17. The first-order chi connectivity index (χ1) is 8.80. The highest BCUT2D eigenvalue weighted by molar-refractivity contribution is 7.91. The zero-order valence-electron chi connectivity index (χ0n) is 11.0. The summed E-state index contributed by atoms with van der Waals surface area (Å²) < 4.78 is 23.5. The molecule has 2 aromatic rings. The largest absolute Gasteiger partial charge is 0.340 e. The van der Waals surface area contributed by atoms with Crippen LogP contribution in [0.4, 0.5) is 0 Å². The van der Waals surface area contributed by atoms with Crippen LogP contribution in [0.25, 0.3) is 11.0 Å². The lowest BCUT2D eigenvalue weighted by Gasteiger charge is -2.21. The van der Waals surface area contributed by atoms with Crippen molar-refractivity contribution in [2.75, 3.05) is 6.26 Å². The van der Waals surface area contributed by atoms with Gasteiger partial charge in [0.05, 0.1) is 16.0 Å². The van der Waals surface area contributed by atoms with Crippen LogP contribution < -0.4 is 5.73 Å². The Morgan fingerprint density at radius 2 is 2.11 bits per heavy atom. The molecule has 6 heteroatoms. The van der Waals surface area contributed by atoms with Gasteiger partial charge in [0.25, 0.3) is 0 Å². The number of nitrogens with two attached hydrogens (primary N) is 1. The third-order valence-corrected chi connectivity index (χ3v) is 4.94. The summed E-state index contributed by atoms with van der Waals surface area (Å²) in [5.74, 6) is 1.09. The van der Waals surface area contributed by atoms with E-state index in [9.17, 15) is 8.42 Å². The molecule has 0 aliphatic heterocycles. The van der Waals surface area contributed by atoms with E-state index in [0.29, 0.717) is 17.3 Å². The van der Waals surface area contributed by atoms with Gasteiger partial charge in [0.15, 0.2) is 9.84 Å². The summed E-state index contributed by atoms with van der Waals surface area (Å²) >= 11 is 0. The zero-order valence-corrected chi connectivity index (χ0v) is 11.8. The number of para-hydroxylation sites is 1. The highest BCUT2D eigenvalue weighted by Gasteiger charge is 2.42. The van der Waals surface area contributed by atoms with Gasteiger partial charge in [-0.05, 0) is 37.8 Å². The van der Waals surface area contributed by atoms with Crippen molar-refractivity contribution in [3.63, 3.8) is 0 Å². The highest BCUT2D eigenvalue weighted by atomic mass is 32.2. The average Bonchev–Trinajstić information content (AvgIpc) is 3.06. The molecular formula is C13H17N3O2S. The maximum Gasteiger partial charge on any atom is 0.177 e. The number of H-pyrrole nitrogens is 1. The molecule has 1 saturated carbocycles. The Bertz CT molecular complexity index is 742. The topological polar surface area (TPSA) is 88.8 Å². The molecule has 3 N–H and O–H groups in total. The maximum atomic E-state index is 11.8. The van der Waals surface area contributed by atoms with E-state index in [1.165, 1.54) is 6.26 Å². The van der Waals surface area contributed by atoms with E-state index in [2.05, 4.69) is 9.97 Å². The lowest BCUT2D eigenvalue weighted by Crippen LogP contribution is -2.36. The van der Waals surface area contributed by atoms with Gasteiger partial charge in [0.2, 0.25) is 0 Å². The minimum absolute atomic E-state index is 0.249. The van der Waals surface area contributed by atoms with Crippen molar-refractivity contribution in [2.24, 2.45) is 11.7 Å². The molecule has 0 saturated heterocycles. The molecule has 0 spiro atoms. The van der Waals surface area contributed by atoms with Crippen LogP contribution in [-0.4, -0.2) is 24.6 Å². The molecule has 3 rings (SSSR count). The monoisotopic (exact) mass is 279 g/mol. The molecule has 0 radical (unpaired) electrons. The summed E-state index contributed by atoms with van der Waals surface area (Å²) in [6, 6.07) is 5.11. The fourth-order valence-corrected chi connectivity index (χ4v) is 3.27. The highest BCUT2D eigenvalue weighted by Crippen LogP contribution is 2.43. The zero-order chi connectivity index (χ0) is 13.8. The molecule has 1 heterocycles. The smallest absolute Gasteiger partial charge is 0.177 e. The van der Waals surface area contributed by atoms with Crippen LogP contribution in [0.1, 0.15) is 25.6 Å². The molecule has 5 nitrogen and oxygen atoms in total.